The summed E-state index contributed by atoms with van der Waals surface area (Å²) < 4.78 is 4.58. The Labute approximate surface area is 74.2 Å². The normalized spacial score (nSPS) is 8.62. The molecular formula is C8H9N3O2. The minimum absolute atomic E-state index is 0.244. The quantitative estimate of drug-likeness (QED) is 0.621. The first kappa shape index (κ1) is 9.05. The highest BCUT2D eigenvalue weighted by Crippen LogP contribution is 1.82. The highest BCUT2D eigenvalue weighted by atomic mass is 16.3. The lowest BCUT2D eigenvalue weighted by atomic mass is 10.6. The molecule has 0 fully saturated rings. The van der Waals surface area contributed by atoms with Crippen molar-refractivity contribution in [3.8, 4) is 0 Å². The smallest absolute Gasteiger partial charge is 0.346 e. The third kappa shape index (κ3) is 3.76. The Kier molecular flexibility index (Phi) is 3.31. The molecule has 5 heteroatoms. The molecule has 0 aliphatic rings. The molecule has 2 rings (SSSR count). The number of aromatic amines is 1. The summed E-state index contributed by atoms with van der Waals surface area (Å²) >= 11 is 0. The van der Waals surface area contributed by atoms with Gasteiger partial charge in [-0.1, -0.05) is 0 Å². The molecule has 2 heterocycles. The predicted octanol–water partition coefficient (Wildman–Crippen LogP) is 0.632. The number of aromatic nitrogens is 2. The monoisotopic (exact) mass is 179 g/mol. The van der Waals surface area contributed by atoms with Crippen molar-refractivity contribution in [2.45, 2.75) is 0 Å². The van der Waals surface area contributed by atoms with Crippen LogP contribution in [0.4, 0.5) is 5.82 Å². The summed E-state index contributed by atoms with van der Waals surface area (Å²) in [4.78, 5) is 15.9. The minimum atomic E-state index is -0.412. The Morgan fingerprint density at radius 2 is 2.08 bits per heavy atom. The van der Waals surface area contributed by atoms with Crippen LogP contribution in [-0.4, -0.2) is 9.97 Å². The van der Waals surface area contributed by atoms with Crippen molar-refractivity contribution in [1.82, 2.24) is 9.97 Å². The lowest BCUT2D eigenvalue weighted by Gasteiger charge is -1.83. The fourth-order valence-corrected chi connectivity index (χ4v) is 0.612. The van der Waals surface area contributed by atoms with E-state index in [0.717, 1.165) is 0 Å². The zero-order chi connectivity index (χ0) is 9.52. The Morgan fingerprint density at radius 3 is 2.38 bits per heavy atom. The fourth-order valence-electron chi connectivity index (χ4n) is 0.612. The van der Waals surface area contributed by atoms with Crippen molar-refractivity contribution in [3.63, 3.8) is 0 Å². The number of nitrogen functional groups attached to an aromatic ring is 1. The highest BCUT2D eigenvalue weighted by molar-refractivity contribution is 5.22. The van der Waals surface area contributed by atoms with E-state index < -0.39 is 5.69 Å². The molecule has 13 heavy (non-hydrogen) atoms. The first-order valence-electron chi connectivity index (χ1n) is 3.57. The third-order valence-corrected chi connectivity index (χ3v) is 1.12. The van der Waals surface area contributed by atoms with Crippen LogP contribution in [0, 0.1) is 0 Å². The molecule has 0 amide bonds. The van der Waals surface area contributed by atoms with E-state index in [-0.39, 0.29) is 5.82 Å². The maximum atomic E-state index is 10.2. The lowest BCUT2D eigenvalue weighted by molar-refractivity contribution is 0.567. The van der Waals surface area contributed by atoms with E-state index in [0.29, 0.717) is 0 Å². The van der Waals surface area contributed by atoms with Gasteiger partial charge < -0.3 is 15.1 Å². The highest BCUT2D eigenvalue weighted by Gasteiger charge is 1.81. The summed E-state index contributed by atoms with van der Waals surface area (Å²) in [6.07, 6.45) is 4.70. The fraction of sp³-hybridized carbons (Fsp3) is 0. The number of hydrogen-bond acceptors (Lipinski definition) is 4. The van der Waals surface area contributed by atoms with E-state index in [4.69, 9.17) is 5.73 Å². The minimum Gasteiger partial charge on any atom is -0.473 e. The van der Waals surface area contributed by atoms with Crippen molar-refractivity contribution in [1.29, 1.82) is 0 Å². The van der Waals surface area contributed by atoms with Crippen LogP contribution >= 0.6 is 0 Å². The zero-order valence-electron chi connectivity index (χ0n) is 6.81. The maximum Gasteiger partial charge on any atom is 0.346 e. The molecule has 3 N–H and O–H groups in total. The van der Waals surface area contributed by atoms with Crippen LogP contribution in [0.25, 0.3) is 0 Å². The first-order valence-corrected chi connectivity index (χ1v) is 3.57. The molecule has 2 aromatic heterocycles. The average Bonchev–Trinajstić information content (AvgIpc) is 2.59. The van der Waals surface area contributed by atoms with Gasteiger partial charge in [-0.25, -0.2) is 4.79 Å². The van der Waals surface area contributed by atoms with Crippen LogP contribution < -0.4 is 11.4 Å². The summed E-state index contributed by atoms with van der Waals surface area (Å²) in [5, 5.41) is 0. The van der Waals surface area contributed by atoms with Crippen LogP contribution in [0.2, 0.25) is 0 Å². The Bertz CT molecular complexity index is 363. The number of nitrogens with zero attached hydrogens (tertiary/aromatic N) is 1. The van der Waals surface area contributed by atoms with E-state index in [1.165, 1.54) is 12.3 Å². The van der Waals surface area contributed by atoms with Crippen LogP contribution in [0.15, 0.2) is 46.1 Å². The zero-order valence-corrected chi connectivity index (χ0v) is 6.81. The predicted molar refractivity (Wildman–Crippen MR) is 48.0 cm³/mol. The molecule has 0 spiro atoms. The molecule has 0 unspecified atom stereocenters. The molecule has 0 saturated heterocycles. The van der Waals surface area contributed by atoms with Gasteiger partial charge >= 0.3 is 5.69 Å². The summed E-state index contributed by atoms with van der Waals surface area (Å²) in [6.45, 7) is 0. The van der Waals surface area contributed by atoms with Gasteiger partial charge in [0.1, 0.15) is 5.82 Å². The van der Waals surface area contributed by atoms with Gasteiger partial charge in [0, 0.05) is 6.20 Å². The molecule has 2 aromatic rings. The summed E-state index contributed by atoms with van der Waals surface area (Å²) in [5.41, 5.74) is 4.72. The number of H-pyrrole nitrogens is 1. The molecule has 5 nitrogen and oxygen atoms in total. The van der Waals surface area contributed by atoms with Crippen LogP contribution in [0.1, 0.15) is 0 Å². The van der Waals surface area contributed by atoms with Crippen molar-refractivity contribution < 1.29 is 4.42 Å². The second-order valence-corrected chi connectivity index (χ2v) is 2.11. The van der Waals surface area contributed by atoms with E-state index in [1.807, 2.05) is 12.1 Å². The Hall–Kier alpha value is -2.04. The van der Waals surface area contributed by atoms with Gasteiger partial charge in [-0.2, -0.15) is 4.98 Å². The van der Waals surface area contributed by atoms with Gasteiger partial charge in [0.15, 0.2) is 0 Å². The molecule has 0 saturated carbocycles. The summed E-state index contributed by atoms with van der Waals surface area (Å²) in [7, 11) is 0. The second kappa shape index (κ2) is 4.76. The van der Waals surface area contributed by atoms with Gasteiger partial charge in [-0.3, -0.25) is 0 Å². The standard InChI is InChI=1S/C4H5N3O.C4H4O/c5-3-1-2-6-4(8)7-3;1-2-4-5-3-1/h1-2H,(H3,5,6,7,8);1-4H. The number of anilines is 1. The van der Waals surface area contributed by atoms with E-state index in [2.05, 4.69) is 14.4 Å². The van der Waals surface area contributed by atoms with Gasteiger partial charge in [-0.05, 0) is 18.2 Å². The molecule has 0 radical (unpaired) electrons. The van der Waals surface area contributed by atoms with Gasteiger partial charge in [-0.15, -0.1) is 0 Å². The second-order valence-electron chi connectivity index (χ2n) is 2.11. The molecular weight excluding hydrogens is 170 g/mol. The van der Waals surface area contributed by atoms with Crippen LogP contribution in [-0.2, 0) is 0 Å². The van der Waals surface area contributed by atoms with Gasteiger partial charge in [0.05, 0.1) is 12.5 Å². The SMILES string of the molecule is Nc1cc[nH]c(=O)n1.c1ccoc1. The Morgan fingerprint density at radius 1 is 1.38 bits per heavy atom. The van der Waals surface area contributed by atoms with E-state index >= 15 is 0 Å². The van der Waals surface area contributed by atoms with Crippen molar-refractivity contribution in [3.05, 3.63) is 47.4 Å². The van der Waals surface area contributed by atoms with Gasteiger partial charge in [0.25, 0.3) is 0 Å². The molecule has 0 aliphatic heterocycles. The Balaban J connectivity index is 0.000000145. The maximum absolute atomic E-state index is 10.2. The number of rotatable bonds is 0. The number of nitrogens with one attached hydrogen (secondary N) is 1. The summed E-state index contributed by atoms with van der Waals surface area (Å²) in [6, 6.07) is 5.18. The third-order valence-electron chi connectivity index (χ3n) is 1.12. The molecule has 68 valence electrons. The molecule has 0 bridgehead atoms. The van der Waals surface area contributed by atoms with Gasteiger partial charge in [0.2, 0.25) is 0 Å². The number of furan rings is 1. The topological polar surface area (TPSA) is 84.9 Å². The lowest BCUT2D eigenvalue weighted by Crippen LogP contribution is -2.10. The van der Waals surface area contributed by atoms with Crippen molar-refractivity contribution in [2.24, 2.45) is 0 Å². The van der Waals surface area contributed by atoms with E-state index in [1.54, 1.807) is 12.5 Å². The molecule has 0 aromatic carbocycles. The first-order chi connectivity index (χ1) is 6.29. The van der Waals surface area contributed by atoms with Crippen molar-refractivity contribution in [2.75, 3.05) is 5.73 Å². The largest absolute Gasteiger partial charge is 0.473 e. The van der Waals surface area contributed by atoms with Crippen molar-refractivity contribution >= 4 is 5.82 Å². The number of hydrogen-bond donors (Lipinski definition) is 2. The number of nitrogens with two attached hydrogens (primary N) is 1. The summed E-state index contributed by atoms with van der Waals surface area (Å²) in [5.74, 6) is 0.244. The van der Waals surface area contributed by atoms with Crippen LogP contribution in [0.5, 0.6) is 0 Å². The molecule has 0 aliphatic carbocycles. The van der Waals surface area contributed by atoms with E-state index in [9.17, 15) is 4.79 Å². The van der Waals surface area contributed by atoms with Crippen LogP contribution in [0.3, 0.4) is 0 Å². The molecule has 0 atom stereocenters. The average molecular weight is 179 g/mol.